The van der Waals surface area contributed by atoms with E-state index in [0.29, 0.717) is 12.8 Å². The largest absolute Gasteiger partial charge is 0.458 e. The summed E-state index contributed by atoms with van der Waals surface area (Å²) in [6.07, 6.45) is 0.793. The van der Waals surface area contributed by atoms with E-state index in [-0.39, 0.29) is 11.5 Å². The molecular formula is C12H21O5P. The Kier molecular flexibility index (Phi) is 4.42. The Bertz CT molecular complexity index is 399. The minimum atomic E-state index is -4.33. The highest BCUT2D eigenvalue weighted by Crippen LogP contribution is 2.58. The van der Waals surface area contributed by atoms with Gasteiger partial charge in [0.2, 0.25) is 0 Å². The molecule has 0 aromatic heterocycles. The van der Waals surface area contributed by atoms with Gasteiger partial charge in [0, 0.05) is 5.57 Å². The van der Waals surface area contributed by atoms with E-state index in [9.17, 15) is 19.1 Å². The van der Waals surface area contributed by atoms with Crippen molar-refractivity contribution in [3.63, 3.8) is 0 Å². The number of carbonyl (C=O) groups excluding carboxylic acids is 1. The lowest BCUT2D eigenvalue weighted by Crippen LogP contribution is -2.46. The molecule has 2 N–H and O–H groups in total. The maximum Gasteiger partial charge on any atom is 0.335 e. The smallest absolute Gasteiger partial charge is 0.335 e. The van der Waals surface area contributed by atoms with E-state index in [2.05, 4.69) is 6.58 Å². The van der Waals surface area contributed by atoms with Crippen LogP contribution in [-0.4, -0.2) is 27.0 Å². The van der Waals surface area contributed by atoms with Gasteiger partial charge in [0.05, 0.1) is 0 Å². The van der Waals surface area contributed by atoms with Crippen LogP contribution in [0.5, 0.6) is 0 Å². The van der Waals surface area contributed by atoms with Gasteiger partial charge in [0.25, 0.3) is 0 Å². The highest BCUT2D eigenvalue weighted by atomic mass is 31.2. The Morgan fingerprint density at radius 1 is 1.50 bits per heavy atom. The molecule has 0 aliphatic heterocycles. The van der Waals surface area contributed by atoms with Gasteiger partial charge in [-0.1, -0.05) is 13.5 Å². The van der Waals surface area contributed by atoms with Gasteiger partial charge >= 0.3 is 13.6 Å². The predicted molar refractivity (Wildman–Crippen MR) is 68.2 cm³/mol. The summed E-state index contributed by atoms with van der Waals surface area (Å²) in [4.78, 5) is 30.6. The van der Waals surface area contributed by atoms with Crippen molar-refractivity contribution >= 4 is 13.6 Å². The third-order valence-electron chi connectivity index (χ3n) is 3.72. The minimum absolute atomic E-state index is 0.237. The van der Waals surface area contributed by atoms with Gasteiger partial charge in [-0.2, -0.15) is 0 Å². The van der Waals surface area contributed by atoms with Crippen LogP contribution in [0.3, 0.4) is 0 Å². The highest BCUT2D eigenvalue weighted by molar-refractivity contribution is 7.53. The van der Waals surface area contributed by atoms with Gasteiger partial charge in [-0.15, -0.1) is 0 Å². The molecule has 1 fully saturated rings. The molecule has 0 radical (unpaired) electrons. The van der Waals surface area contributed by atoms with E-state index in [1.54, 1.807) is 0 Å². The van der Waals surface area contributed by atoms with Crippen molar-refractivity contribution in [3.05, 3.63) is 12.2 Å². The molecule has 3 unspecified atom stereocenters. The van der Waals surface area contributed by atoms with Crippen molar-refractivity contribution in [3.8, 4) is 0 Å². The average molecular weight is 276 g/mol. The summed E-state index contributed by atoms with van der Waals surface area (Å²) >= 11 is 0. The molecule has 1 aliphatic carbocycles. The Hall–Kier alpha value is -0.640. The van der Waals surface area contributed by atoms with Crippen molar-refractivity contribution in [2.75, 3.05) is 0 Å². The number of hydrogen-bond donors (Lipinski definition) is 2. The number of ether oxygens (including phenoxy) is 1. The maximum atomic E-state index is 11.7. The van der Waals surface area contributed by atoms with Crippen molar-refractivity contribution in [1.29, 1.82) is 0 Å². The van der Waals surface area contributed by atoms with Crippen molar-refractivity contribution in [1.82, 2.24) is 0 Å². The van der Waals surface area contributed by atoms with Crippen LogP contribution < -0.4 is 0 Å². The van der Waals surface area contributed by atoms with Crippen molar-refractivity contribution < 1.29 is 23.9 Å². The van der Waals surface area contributed by atoms with Crippen molar-refractivity contribution in [2.45, 2.75) is 51.3 Å². The van der Waals surface area contributed by atoms with E-state index in [1.807, 2.05) is 6.92 Å². The normalized spacial score (nSPS) is 32.9. The zero-order chi connectivity index (χ0) is 14.1. The summed E-state index contributed by atoms with van der Waals surface area (Å²) in [6.45, 7) is 8.48. The zero-order valence-corrected chi connectivity index (χ0v) is 11.9. The van der Waals surface area contributed by atoms with E-state index in [1.165, 1.54) is 13.8 Å². The van der Waals surface area contributed by atoms with Gasteiger partial charge < -0.3 is 14.5 Å². The van der Waals surface area contributed by atoms with E-state index in [4.69, 9.17) is 4.74 Å². The van der Waals surface area contributed by atoms with Crippen LogP contribution in [0.25, 0.3) is 0 Å². The molecule has 0 bridgehead atoms. The molecule has 1 saturated carbocycles. The van der Waals surface area contributed by atoms with E-state index >= 15 is 0 Å². The minimum Gasteiger partial charge on any atom is -0.458 e. The zero-order valence-electron chi connectivity index (χ0n) is 11.0. The van der Waals surface area contributed by atoms with Gasteiger partial charge in [0.15, 0.2) is 0 Å². The summed E-state index contributed by atoms with van der Waals surface area (Å²) in [5.74, 6) is -0.304. The van der Waals surface area contributed by atoms with Gasteiger partial charge in [-0.25, -0.2) is 4.79 Å². The fourth-order valence-corrected chi connectivity index (χ4v) is 3.13. The molecule has 0 heterocycles. The number of carbonyl (C=O) groups is 1. The average Bonchev–Trinajstić information content (AvgIpc) is 2.21. The van der Waals surface area contributed by atoms with Crippen molar-refractivity contribution in [2.24, 2.45) is 5.92 Å². The molecule has 0 spiro atoms. The molecule has 0 aromatic carbocycles. The summed E-state index contributed by atoms with van der Waals surface area (Å²) in [6, 6.07) is 0. The quantitative estimate of drug-likeness (QED) is 0.469. The fraction of sp³-hybridized carbons (Fsp3) is 0.750. The predicted octanol–water partition coefficient (Wildman–Crippen LogP) is 2.23. The third kappa shape index (κ3) is 3.02. The first-order chi connectivity index (χ1) is 8.08. The molecule has 104 valence electrons. The summed E-state index contributed by atoms with van der Waals surface area (Å²) in [7, 11) is -4.33. The molecule has 3 atom stereocenters. The molecule has 6 heteroatoms. The first-order valence-electron chi connectivity index (χ1n) is 6.00. The topological polar surface area (TPSA) is 83.8 Å². The number of rotatable bonds is 3. The second-order valence-corrected chi connectivity index (χ2v) is 7.56. The lowest BCUT2D eigenvalue weighted by Gasteiger charge is -2.42. The van der Waals surface area contributed by atoms with Gasteiger partial charge in [-0.05, 0) is 39.0 Å². The molecular weight excluding hydrogens is 255 g/mol. The first-order valence-corrected chi connectivity index (χ1v) is 7.61. The van der Waals surface area contributed by atoms with Crippen LogP contribution in [0.15, 0.2) is 12.2 Å². The second kappa shape index (κ2) is 5.16. The van der Waals surface area contributed by atoms with Crippen LogP contribution in [0.2, 0.25) is 0 Å². The highest BCUT2D eigenvalue weighted by Gasteiger charge is 2.53. The van der Waals surface area contributed by atoms with E-state index in [0.717, 1.165) is 6.42 Å². The third-order valence-corrected chi connectivity index (χ3v) is 5.56. The molecule has 1 rings (SSSR count). The summed E-state index contributed by atoms with van der Waals surface area (Å²) < 4.78 is 16.9. The van der Waals surface area contributed by atoms with Gasteiger partial charge in [0.1, 0.15) is 11.3 Å². The van der Waals surface area contributed by atoms with Gasteiger partial charge in [-0.3, -0.25) is 4.57 Å². The Morgan fingerprint density at radius 3 is 2.50 bits per heavy atom. The van der Waals surface area contributed by atoms with E-state index < -0.39 is 24.8 Å². The standard InChI is InChI=1S/C12H21O5P/c1-8(2)11(13)17-10-7-9(3)5-6-12(10,4)18(14,15)16/h9-10H,1,5-7H2,2-4H3,(H2,14,15,16). The molecule has 0 saturated heterocycles. The lowest BCUT2D eigenvalue weighted by molar-refractivity contribution is -0.148. The monoisotopic (exact) mass is 276 g/mol. The van der Waals surface area contributed by atoms with Crippen LogP contribution >= 0.6 is 7.60 Å². The maximum absolute atomic E-state index is 11.7. The lowest BCUT2D eigenvalue weighted by atomic mass is 9.81. The summed E-state index contributed by atoms with van der Waals surface area (Å²) in [5, 5.41) is -1.29. The first kappa shape index (κ1) is 15.4. The molecule has 1 aliphatic rings. The number of hydrogen-bond acceptors (Lipinski definition) is 3. The Balaban J connectivity index is 2.98. The van der Waals surface area contributed by atoms with Crippen LogP contribution in [-0.2, 0) is 14.1 Å². The van der Waals surface area contributed by atoms with Crippen LogP contribution in [0.1, 0.15) is 40.0 Å². The molecule has 18 heavy (non-hydrogen) atoms. The van der Waals surface area contributed by atoms with Crippen LogP contribution in [0.4, 0.5) is 0 Å². The van der Waals surface area contributed by atoms with Crippen LogP contribution in [0, 0.1) is 5.92 Å². The summed E-state index contributed by atoms with van der Waals surface area (Å²) in [5.41, 5.74) is 0.237. The molecule has 0 amide bonds. The Labute approximate surface area is 107 Å². The molecule has 0 aromatic rings. The second-order valence-electron chi connectivity index (χ2n) is 5.46. The number of esters is 1. The Morgan fingerprint density at radius 2 is 2.06 bits per heavy atom. The molecule has 5 nitrogen and oxygen atoms in total. The fourth-order valence-electron chi connectivity index (χ4n) is 2.17. The SMILES string of the molecule is C=C(C)C(=O)OC1CC(C)CCC1(C)P(=O)(O)O.